The van der Waals surface area contributed by atoms with Gasteiger partial charge in [0.15, 0.2) is 0 Å². The number of alkyl halides is 2. The number of piperidine rings is 1. The van der Waals surface area contributed by atoms with Crippen LogP contribution in [0, 0.1) is 0 Å². The number of hydrogen-bond acceptors (Lipinski definition) is 3. The van der Waals surface area contributed by atoms with Gasteiger partial charge in [-0.1, -0.05) is 12.1 Å². The minimum atomic E-state index is -2.84. The van der Waals surface area contributed by atoms with E-state index in [2.05, 4.69) is 10.1 Å². The van der Waals surface area contributed by atoms with Crippen molar-refractivity contribution >= 4 is 0 Å². The fraction of sp³-hybridized carbons (Fsp3) is 0.571. The van der Waals surface area contributed by atoms with Crippen LogP contribution in [0.5, 0.6) is 5.75 Å². The number of benzene rings is 1. The number of aliphatic hydroxyl groups is 1. The zero-order chi connectivity index (χ0) is 13.5. The Morgan fingerprint density at radius 3 is 2.58 bits per heavy atom. The van der Waals surface area contributed by atoms with Crippen molar-refractivity contribution in [3.05, 3.63) is 29.8 Å². The van der Waals surface area contributed by atoms with Crippen molar-refractivity contribution in [2.75, 3.05) is 0 Å². The van der Waals surface area contributed by atoms with Crippen LogP contribution < -0.4 is 10.1 Å². The fourth-order valence-electron chi connectivity index (χ4n) is 3.32. The van der Waals surface area contributed by atoms with Gasteiger partial charge in [-0.3, -0.25) is 0 Å². The number of halogens is 2. The standard InChI is InChI=1S/C14H17F2NO2/c15-13(16)19-12-3-1-2-9(6-12)14(18)7-10-4-5-11(8-14)17-10/h1-3,6,10-11,13,17-18H,4-5,7-8H2. The van der Waals surface area contributed by atoms with E-state index >= 15 is 0 Å². The Morgan fingerprint density at radius 1 is 1.26 bits per heavy atom. The molecule has 2 aliphatic heterocycles. The Morgan fingerprint density at radius 2 is 1.95 bits per heavy atom. The number of fused-ring (bicyclic) bond motifs is 2. The van der Waals surface area contributed by atoms with Crippen molar-refractivity contribution in [2.24, 2.45) is 0 Å². The lowest BCUT2D eigenvalue weighted by molar-refractivity contribution is -0.0507. The van der Waals surface area contributed by atoms with Crippen molar-refractivity contribution in [3.63, 3.8) is 0 Å². The van der Waals surface area contributed by atoms with Crippen LogP contribution in [-0.4, -0.2) is 23.8 Å². The third-order valence-electron chi connectivity index (χ3n) is 4.10. The average molecular weight is 269 g/mol. The lowest BCUT2D eigenvalue weighted by atomic mass is 9.81. The molecular formula is C14H17F2NO2. The second kappa shape index (κ2) is 4.72. The second-order valence-electron chi connectivity index (χ2n) is 5.48. The summed E-state index contributed by atoms with van der Waals surface area (Å²) < 4.78 is 28.9. The van der Waals surface area contributed by atoms with Crippen LogP contribution in [0.15, 0.2) is 24.3 Å². The van der Waals surface area contributed by atoms with Gasteiger partial charge in [0.25, 0.3) is 0 Å². The van der Waals surface area contributed by atoms with Crippen molar-refractivity contribution in [3.8, 4) is 5.75 Å². The van der Waals surface area contributed by atoms with E-state index in [1.165, 1.54) is 12.1 Å². The number of rotatable bonds is 3. The smallest absolute Gasteiger partial charge is 0.387 e. The van der Waals surface area contributed by atoms with Gasteiger partial charge >= 0.3 is 6.61 Å². The van der Waals surface area contributed by atoms with Crippen LogP contribution in [0.3, 0.4) is 0 Å². The maximum Gasteiger partial charge on any atom is 0.387 e. The molecular weight excluding hydrogens is 252 g/mol. The Bertz CT molecular complexity index is 455. The zero-order valence-electron chi connectivity index (χ0n) is 10.5. The van der Waals surface area contributed by atoms with E-state index in [0.29, 0.717) is 30.5 Å². The summed E-state index contributed by atoms with van der Waals surface area (Å²) in [7, 11) is 0. The molecule has 2 bridgehead atoms. The molecule has 3 rings (SSSR count). The molecule has 1 aromatic rings. The van der Waals surface area contributed by atoms with Gasteiger partial charge in [0.2, 0.25) is 0 Å². The van der Waals surface area contributed by atoms with Gasteiger partial charge in [-0.25, -0.2) is 0 Å². The first-order valence-electron chi connectivity index (χ1n) is 6.59. The Balaban J connectivity index is 1.84. The zero-order valence-corrected chi connectivity index (χ0v) is 10.5. The molecule has 2 unspecified atom stereocenters. The van der Waals surface area contributed by atoms with Gasteiger partial charge in [0.1, 0.15) is 5.75 Å². The lowest BCUT2D eigenvalue weighted by Crippen LogP contribution is -2.46. The maximum absolute atomic E-state index is 12.2. The average Bonchev–Trinajstić information content (AvgIpc) is 2.69. The monoisotopic (exact) mass is 269 g/mol. The Labute approximate surface area is 110 Å². The molecule has 0 spiro atoms. The molecule has 0 saturated carbocycles. The molecule has 2 saturated heterocycles. The normalized spacial score (nSPS) is 33.7. The summed E-state index contributed by atoms with van der Waals surface area (Å²) in [6, 6.07) is 7.08. The highest BCUT2D eigenvalue weighted by Gasteiger charge is 2.43. The Kier molecular flexibility index (Phi) is 3.19. The third-order valence-corrected chi connectivity index (χ3v) is 4.10. The van der Waals surface area contributed by atoms with Gasteiger partial charge in [-0.05, 0) is 43.4 Å². The summed E-state index contributed by atoms with van der Waals surface area (Å²) in [4.78, 5) is 0. The lowest BCUT2D eigenvalue weighted by Gasteiger charge is -2.37. The highest BCUT2D eigenvalue weighted by atomic mass is 19.3. The summed E-state index contributed by atoms with van der Waals surface area (Å²) in [6.45, 7) is -2.84. The van der Waals surface area contributed by atoms with Crippen molar-refractivity contribution < 1.29 is 18.6 Å². The molecule has 2 fully saturated rings. The molecule has 0 radical (unpaired) electrons. The van der Waals surface area contributed by atoms with E-state index in [-0.39, 0.29) is 5.75 Å². The van der Waals surface area contributed by atoms with Crippen molar-refractivity contribution in [1.29, 1.82) is 0 Å². The SMILES string of the molecule is OC1(c2cccc(OC(F)F)c2)CC2CCC(C1)N2. The minimum absolute atomic E-state index is 0.104. The maximum atomic E-state index is 12.2. The van der Waals surface area contributed by atoms with E-state index in [4.69, 9.17) is 0 Å². The molecule has 2 N–H and O–H groups in total. The van der Waals surface area contributed by atoms with Crippen LogP contribution in [0.2, 0.25) is 0 Å². The van der Waals surface area contributed by atoms with E-state index in [1.54, 1.807) is 12.1 Å². The summed E-state index contributed by atoms with van der Waals surface area (Å²) in [5, 5.41) is 14.2. The van der Waals surface area contributed by atoms with E-state index in [0.717, 1.165) is 12.8 Å². The molecule has 1 aromatic carbocycles. The molecule has 2 atom stereocenters. The first-order chi connectivity index (χ1) is 9.05. The predicted octanol–water partition coefficient (Wildman–Crippen LogP) is 2.39. The van der Waals surface area contributed by atoms with Gasteiger partial charge in [-0.15, -0.1) is 0 Å². The molecule has 2 aliphatic rings. The summed E-state index contributed by atoms with van der Waals surface area (Å²) in [5.41, 5.74) is -0.262. The summed E-state index contributed by atoms with van der Waals surface area (Å²) >= 11 is 0. The number of nitrogens with one attached hydrogen (secondary N) is 1. The molecule has 0 aromatic heterocycles. The first-order valence-corrected chi connectivity index (χ1v) is 6.59. The van der Waals surface area contributed by atoms with Crippen LogP contribution >= 0.6 is 0 Å². The van der Waals surface area contributed by atoms with Crippen LogP contribution in [0.1, 0.15) is 31.2 Å². The van der Waals surface area contributed by atoms with Crippen molar-refractivity contribution in [1.82, 2.24) is 5.32 Å². The molecule has 19 heavy (non-hydrogen) atoms. The topological polar surface area (TPSA) is 41.5 Å². The van der Waals surface area contributed by atoms with Gasteiger partial charge < -0.3 is 15.2 Å². The molecule has 3 nitrogen and oxygen atoms in total. The van der Waals surface area contributed by atoms with Crippen LogP contribution in [0.25, 0.3) is 0 Å². The van der Waals surface area contributed by atoms with Gasteiger partial charge in [0, 0.05) is 12.1 Å². The molecule has 5 heteroatoms. The molecule has 104 valence electrons. The molecule has 0 aliphatic carbocycles. The Hall–Kier alpha value is -1.20. The van der Waals surface area contributed by atoms with E-state index in [1.807, 2.05) is 0 Å². The van der Waals surface area contributed by atoms with E-state index in [9.17, 15) is 13.9 Å². The predicted molar refractivity (Wildman–Crippen MR) is 66.2 cm³/mol. The van der Waals surface area contributed by atoms with E-state index < -0.39 is 12.2 Å². The molecule has 0 amide bonds. The number of ether oxygens (including phenoxy) is 1. The highest BCUT2D eigenvalue weighted by Crippen LogP contribution is 2.41. The van der Waals surface area contributed by atoms with Gasteiger partial charge in [-0.2, -0.15) is 8.78 Å². The molecule has 2 heterocycles. The summed E-state index contributed by atoms with van der Waals surface area (Å²) in [5.74, 6) is 0.104. The largest absolute Gasteiger partial charge is 0.435 e. The number of hydrogen-bond donors (Lipinski definition) is 2. The first kappa shape index (κ1) is 12.8. The fourth-order valence-corrected chi connectivity index (χ4v) is 3.32. The van der Waals surface area contributed by atoms with Gasteiger partial charge in [0.05, 0.1) is 5.60 Å². The minimum Gasteiger partial charge on any atom is -0.435 e. The summed E-state index contributed by atoms with van der Waals surface area (Å²) in [6.07, 6.45) is 3.39. The van der Waals surface area contributed by atoms with Crippen LogP contribution in [0.4, 0.5) is 8.78 Å². The van der Waals surface area contributed by atoms with Crippen molar-refractivity contribution in [2.45, 2.75) is 50.0 Å². The van der Waals surface area contributed by atoms with Crippen LogP contribution in [-0.2, 0) is 5.60 Å². The highest BCUT2D eigenvalue weighted by molar-refractivity contribution is 5.33. The second-order valence-corrected chi connectivity index (χ2v) is 5.48. The third kappa shape index (κ3) is 2.58. The quantitative estimate of drug-likeness (QED) is 0.885.